The van der Waals surface area contributed by atoms with Crippen LogP contribution in [0.3, 0.4) is 0 Å². The van der Waals surface area contributed by atoms with Crippen LogP contribution in [0.2, 0.25) is 0 Å². The van der Waals surface area contributed by atoms with Crippen LogP contribution in [-0.4, -0.2) is 24.0 Å². The third kappa shape index (κ3) is 3.94. The lowest BCUT2D eigenvalue weighted by atomic mass is 10.1. The number of ether oxygens (including phenoxy) is 1. The first-order valence-corrected chi connectivity index (χ1v) is 5.31. The normalized spacial score (nSPS) is 10.9. The maximum Gasteiger partial charge on any atom is 0.418 e. The minimum absolute atomic E-state index is 0.0609. The van der Waals surface area contributed by atoms with E-state index in [-0.39, 0.29) is 18.8 Å². The van der Waals surface area contributed by atoms with Crippen LogP contribution >= 0.6 is 0 Å². The van der Waals surface area contributed by atoms with Gasteiger partial charge in [-0.15, -0.1) is 0 Å². The molecule has 1 N–H and O–H groups in total. The Hall–Kier alpha value is -2.12. The molecule has 0 unspecified atom stereocenters. The highest BCUT2D eigenvalue weighted by Crippen LogP contribution is 2.31. The van der Waals surface area contributed by atoms with Crippen LogP contribution < -0.4 is 5.32 Å². The fourth-order valence-corrected chi connectivity index (χ4v) is 1.33. The van der Waals surface area contributed by atoms with Crippen molar-refractivity contribution in [2.24, 2.45) is 0 Å². The number of carbonyl (C=O) groups is 2. The van der Waals surface area contributed by atoms with E-state index < -0.39 is 23.4 Å². The fraction of sp³-hybridized carbons (Fsp3) is 0.364. The van der Waals surface area contributed by atoms with E-state index in [1.165, 1.54) is 6.92 Å². The molecule has 0 aliphatic carbocycles. The highest BCUT2D eigenvalue weighted by molar-refractivity contribution is 5.89. The zero-order valence-electron chi connectivity index (χ0n) is 9.95. The number of nitrogens with zero attached hydrogens (tertiary/aromatic N) is 1. The molecule has 0 bridgehead atoms. The van der Waals surface area contributed by atoms with Crippen molar-refractivity contribution in [3.8, 4) is 0 Å². The quantitative estimate of drug-likeness (QED) is 0.654. The minimum Gasteiger partial charge on any atom is -0.461 e. The van der Waals surface area contributed by atoms with Crippen LogP contribution in [0.5, 0.6) is 0 Å². The minimum atomic E-state index is -4.70. The predicted octanol–water partition coefficient (Wildman–Crippen LogP) is 1.52. The molecule has 19 heavy (non-hydrogen) atoms. The maximum absolute atomic E-state index is 12.7. The summed E-state index contributed by atoms with van der Waals surface area (Å²) in [6.07, 6.45) is -4.32. The molecule has 0 aliphatic rings. The molecule has 1 amide bonds. The molecule has 1 rings (SSSR count). The van der Waals surface area contributed by atoms with Gasteiger partial charge in [-0.05, 0) is 19.1 Å². The van der Waals surface area contributed by atoms with Crippen LogP contribution in [0.15, 0.2) is 12.1 Å². The molecular formula is C11H11F3N2O3. The van der Waals surface area contributed by atoms with E-state index >= 15 is 0 Å². The van der Waals surface area contributed by atoms with Crippen LogP contribution in [0.25, 0.3) is 0 Å². The second kappa shape index (κ2) is 6.17. The number of amides is 1. The number of rotatable bonds is 5. The second-order valence-corrected chi connectivity index (χ2v) is 3.42. The van der Waals surface area contributed by atoms with E-state index in [0.29, 0.717) is 6.41 Å². The topological polar surface area (TPSA) is 68.3 Å². The van der Waals surface area contributed by atoms with Gasteiger partial charge in [0.2, 0.25) is 6.41 Å². The van der Waals surface area contributed by atoms with E-state index in [0.717, 1.165) is 12.1 Å². The molecule has 0 aliphatic heterocycles. The number of hydrogen-bond donors (Lipinski definition) is 1. The Morgan fingerprint density at radius 2 is 2.16 bits per heavy atom. The van der Waals surface area contributed by atoms with Crippen LogP contribution in [-0.2, 0) is 22.3 Å². The summed E-state index contributed by atoms with van der Waals surface area (Å²) in [5, 5.41) is 2.24. The largest absolute Gasteiger partial charge is 0.461 e. The molecule has 8 heteroatoms. The molecule has 1 heterocycles. The summed E-state index contributed by atoms with van der Waals surface area (Å²) in [6, 6.07) is 1.82. The number of halogens is 3. The Balaban J connectivity index is 3.18. The fourth-order valence-electron chi connectivity index (χ4n) is 1.33. The Bertz CT molecular complexity index is 475. The van der Waals surface area contributed by atoms with Gasteiger partial charge < -0.3 is 10.1 Å². The van der Waals surface area contributed by atoms with Gasteiger partial charge in [0.05, 0.1) is 24.4 Å². The highest BCUT2D eigenvalue weighted by Gasteiger charge is 2.36. The predicted molar refractivity (Wildman–Crippen MR) is 58.1 cm³/mol. The number of pyridine rings is 1. The van der Waals surface area contributed by atoms with Crippen LogP contribution in [0, 0.1) is 0 Å². The number of alkyl halides is 3. The molecule has 0 radical (unpaired) electrons. The van der Waals surface area contributed by atoms with E-state index in [2.05, 4.69) is 15.0 Å². The number of nitrogens with one attached hydrogen (secondary N) is 1. The number of esters is 1. The Labute approximate surface area is 106 Å². The van der Waals surface area contributed by atoms with Crippen molar-refractivity contribution in [3.63, 3.8) is 0 Å². The Kier molecular flexibility index (Phi) is 4.85. The summed E-state index contributed by atoms with van der Waals surface area (Å²) in [4.78, 5) is 25.2. The van der Waals surface area contributed by atoms with Gasteiger partial charge in [-0.3, -0.25) is 4.79 Å². The molecule has 104 valence electrons. The van der Waals surface area contributed by atoms with Gasteiger partial charge >= 0.3 is 12.1 Å². The summed E-state index contributed by atoms with van der Waals surface area (Å²) in [6.45, 7) is 1.34. The van der Waals surface area contributed by atoms with E-state index in [4.69, 9.17) is 0 Å². The Morgan fingerprint density at radius 1 is 1.47 bits per heavy atom. The smallest absolute Gasteiger partial charge is 0.418 e. The first-order chi connectivity index (χ1) is 8.90. The summed E-state index contributed by atoms with van der Waals surface area (Å²) in [7, 11) is 0. The van der Waals surface area contributed by atoms with Crippen molar-refractivity contribution in [1.29, 1.82) is 0 Å². The Morgan fingerprint density at radius 3 is 2.68 bits per heavy atom. The van der Waals surface area contributed by atoms with Crippen molar-refractivity contribution in [2.75, 3.05) is 6.61 Å². The van der Waals surface area contributed by atoms with Crippen molar-refractivity contribution in [1.82, 2.24) is 10.3 Å². The zero-order chi connectivity index (χ0) is 14.5. The van der Waals surface area contributed by atoms with Crippen molar-refractivity contribution >= 4 is 12.4 Å². The van der Waals surface area contributed by atoms with Crippen LogP contribution in [0.1, 0.15) is 28.7 Å². The van der Waals surface area contributed by atoms with E-state index in [9.17, 15) is 22.8 Å². The molecule has 1 aromatic heterocycles. The zero-order valence-corrected chi connectivity index (χ0v) is 9.95. The van der Waals surface area contributed by atoms with Gasteiger partial charge in [0.15, 0.2) is 5.69 Å². The average molecular weight is 276 g/mol. The lowest BCUT2D eigenvalue weighted by molar-refractivity contribution is -0.138. The molecule has 0 saturated heterocycles. The summed E-state index contributed by atoms with van der Waals surface area (Å²) >= 11 is 0. The standard InChI is InChI=1S/C11H11F3N2O3/c1-2-19-10(18)9-8(11(12,13)14)4-3-7(16-9)5-15-6-17/h3-4,6H,2,5H2,1H3,(H,15,17). The molecule has 1 aromatic rings. The molecule has 0 atom stereocenters. The third-order valence-electron chi connectivity index (χ3n) is 2.09. The summed E-state index contributed by atoms with van der Waals surface area (Å²) in [5.41, 5.74) is -1.84. The van der Waals surface area contributed by atoms with Crippen LogP contribution in [0.4, 0.5) is 13.2 Å². The van der Waals surface area contributed by atoms with Gasteiger partial charge in [0.25, 0.3) is 0 Å². The number of carbonyl (C=O) groups excluding carboxylic acids is 2. The van der Waals surface area contributed by atoms with Gasteiger partial charge in [-0.2, -0.15) is 13.2 Å². The lowest BCUT2D eigenvalue weighted by Crippen LogP contribution is -2.19. The van der Waals surface area contributed by atoms with Gasteiger partial charge in [-0.25, -0.2) is 9.78 Å². The van der Waals surface area contributed by atoms with Gasteiger partial charge in [-0.1, -0.05) is 0 Å². The van der Waals surface area contributed by atoms with Crippen molar-refractivity contribution < 1.29 is 27.5 Å². The number of hydrogen-bond acceptors (Lipinski definition) is 4. The van der Waals surface area contributed by atoms with Crippen molar-refractivity contribution in [2.45, 2.75) is 19.6 Å². The second-order valence-electron chi connectivity index (χ2n) is 3.42. The molecule has 0 aromatic carbocycles. The first-order valence-electron chi connectivity index (χ1n) is 5.31. The molecule has 0 fully saturated rings. The summed E-state index contributed by atoms with van der Waals surface area (Å²) in [5.74, 6) is -1.15. The third-order valence-corrected chi connectivity index (χ3v) is 2.09. The molecule has 5 nitrogen and oxygen atoms in total. The highest BCUT2D eigenvalue weighted by atomic mass is 19.4. The van der Waals surface area contributed by atoms with Gasteiger partial charge in [0.1, 0.15) is 0 Å². The van der Waals surface area contributed by atoms with E-state index in [1.54, 1.807) is 0 Å². The number of aromatic nitrogens is 1. The monoisotopic (exact) mass is 276 g/mol. The average Bonchev–Trinajstić information content (AvgIpc) is 2.35. The maximum atomic E-state index is 12.7. The lowest BCUT2D eigenvalue weighted by Gasteiger charge is -2.12. The molecule has 0 saturated carbocycles. The first kappa shape index (κ1) is 14.9. The summed E-state index contributed by atoms with van der Waals surface area (Å²) < 4.78 is 42.7. The van der Waals surface area contributed by atoms with Crippen molar-refractivity contribution in [3.05, 3.63) is 29.1 Å². The molecule has 0 spiro atoms. The van der Waals surface area contributed by atoms with Gasteiger partial charge in [0, 0.05) is 0 Å². The van der Waals surface area contributed by atoms with E-state index in [1.807, 2.05) is 0 Å². The molecular weight excluding hydrogens is 265 g/mol. The SMILES string of the molecule is CCOC(=O)c1nc(CNC=O)ccc1C(F)(F)F.